The summed E-state index contributed by atoms with van der Waals surface area (Å²) in [6.07, 6.45) is 1.37. The summed E-state index contributed by atoms with van der Waals surface area (Å²) in [4.78, 5) is 11.1. The highest BCUT2D eigenvalue weighted by Crippen LogP contribution is 2.41. The van der Waals surface area contributed by atoms with Gasteiger partial charge in [-0.2, -0.15) is 0 Å². The first-order valence-corrected chi connectivity index (χ1v) is 8.38. The van der Waals surface area contributed by atoms with E-state index < -0.39 is 29.6 Å². The van der Waals surface area contributed by atoms with Crippen molar-refractivity contribution in [1.29, 1.82) is 0 Å². The van der Waals surface area contributed by atoms with Crippen LogP contribution in [0.5, 0.6) is 0 Å². The second kappa shape index (κ2) is 7.09. The fraction of sp³-hybridized carbons (Fsp3) is 0.824. The van der Waals surface area contributed by atoms with Gasteiger partial charge in [0.05, 0.1) is 12.2 Å². The SMILES string of the molecule is CC1=C[C@@]2(O[C@H](C[C@@](C)(O)C(=O)O)CC[C@H]2O)O[C@H]([C@H](C)CO)C1. The lowest BCUT2D eigenvalue weighted by atomic mass is 9.87. The van der Waals surface area contributed by atoms with Crippen LogP contribution in [-0.2, 0) is 14.3 Å². The molecule has 6 atom stereocenters. The zero-order chi connectivity index (χ0) is 18.1. The topological polar surface area (TPSA) is 116 Å². The van der Waals surface area contributed by atoms with E-state index in [1.54, 1.807) is 6.08 Å². The van der Waals surface area contributed by atoms with Gasteiger partial charge in [-0.3, -0.25) is 0 Å². The molecule has 0 radical (unpaired) electrons. The zero-order valence-corrected chi connectivity index (χ0v) is 14.4. The Kier molecular flexibility index (Phi) is 5.71. The van der Waals surface area contributed by atoms with Crippen LogP contribution in [0.3, 0.4) is 0 Å². The van der Waals surface area contributed by atoms with Gasteiger partial charge in [-0.05, 0) is 39.2 Å². The van der Waals surface area contributed by atoms with Crippen molar-refractivity contribution in [1.82, 2.24) is 0 Å². The molecular formula is C17H28O7. The Morgan fingerprint density at radius 3 is 2.71 bits per heavy atom. The average molecular weight is 344 g/mol. The van der Waals surface area contributed by atoms with Gasteiger partial charge in [-0.15, -0.1) is 0 Å². The van der Waals surface area contributed by atoms with Crippen molar-refractivity contribution >= 4 is 5.97 Å². The average Bonchev–Trinajstić information content (AvgIpc) is 2.49. The number of rotatable bonds is 5. The van der Waals surface area contributed by atoms with Crippen LogP contribution in [0, 0.1) is 5.92 Å². The van der Waals surface area contributed by atoms with Crippen LogP contribution in [-0.4, -0.2) is 62.7 Å². The molecule has 2 aliphatic rings. The first kappa shape index (κ1) is 19.3. The summed E-state index contributed by atoms with van der Waals surface area (Å²) >= 11 is 0. The number of hydrogen-bond acceptors (Lipinski definition) is 6. The summed E-state index contributed by atoms with van der Waals surface area (Å²) in [5.74, 6) is -2.79. The van der Waals surface area contributed by atoms with Gasteiger partial charge >= 0.3 is 5.97 Å². The van der Waals surface area contributed by atoms with Gasteiger partial charge in [0.2, 0.25) is 5.79 Å². The van der Waals surface area contributed by atoms with Crippen LogP contribution in [0.4, 0.5) is 0 Å². The number of carbonyl (C=O) groups is 1. The van der Waals surface area contributed by atoms with E-state index in [0.717, 1.165) is 5.57 Å². The van der Waals surface area contributed by atoms with Crippen molar-refractivity contribution in [2.75, 3.05) is 6.61 Å². The summed E-state index contributed by atoms with van der Waals surface area (Å²) in [6, 6.07) is 0. The molecular weight excluding hydrogens is 316 g/mol. The number of aliphatic hydroxyl groups is 3. The van der Waals surface area contributed by atoms with Crippen LogP contribution in [0.25, 0.3) is 0 Å². The molecule has 0 aliphatic carbocycles. The Balaban J connectivity index is 2.20. The molecule has 0 bridgehead atoms. The molecule has 0 aromatic carbocycles. The van der Waals surface area contributed by atoms with Crippen molar-refractivity contribution in [2.45, 2.75) is 76.2 Å². The maximum Gasteiger partial charge on any atom is 0.335 e. The first-order chi connectivity index (χ1) is 11.1. The highest BCUT2D eigenvalue weighted by Gasteiger charge is 2.50. The Morgan fingerprint density at radius 1 is 1.46 bits per heavy atom. The van der Waals surface area contributed by atoms with Crippen LogP contribution in [0.2, 0.25) is 0 Å². The molecule has 138 valence electrons. The first-order valence-electron chi connectivity index (χ1n) is 8.38. The lowest BCUT2D eigenvalue weighted by molar-refractivity contribution is -0.322. The van der Waals surface area contributed by atoms with Crippen LogP contribution in [0.1, 0.15) is 46.5 Å². The van der Waals surface area contributed by atoms with Crippen molar-refractivity contribution in [2.24, 2.45) is 5.92 Å². The Labute approximate surface area is 141 Å². The van der Waals surface area contributed by atoms with Crippen molar-refractivity contribution in [3.63, 3.8) is 0 Å². The molecule has 0 aromatic heterocycles. The van der Waals surface area contributed by atoms with E-state index >= 15 is 0 Å². The normalized spacial score (nSPS) is 37.6. The number of carboxylic acids is 1. The molecule has 7 nitrogen and oxygen atoms in total. The van der Waals surface area contributed by atoms with E-state index in [-0.39, 0.29) is 25.0 Å². The molecule has 0 aromatic rings. The molecule has 4 N–H and O–H groups in total. The van der Waals surface area contributed by atoms with Gasteiger partial charge < -0.3 is 29.9 Å². The monoisotopic (exact) mass is 344 g/mol. The van der Waals surface area contributed by atoms with E-state index in [9.17, 15) is 20.1 Å². The maximum atomic E-state index is 11.1. The molecule has 0 unspecified atom stereocenters. The molecule has 1 saturated heterocycles. The van der Waals surface area contributed by atoms with Crippen molar-refractivity contribution in [3.05, 3.63) is 11.6 Å². The van der Waals surface area contributed by atoms with E-state index in [1.807, 2.05) is 13.8 Å². The number of hydrogen-bond donors (Lipinski definition) is 4. The largest absolute Gasteiger partial charge is 0.479 e. The second-order valence-corrected chi connectivity index (χ2v) is 7.35. The van der Waals surface area contributed by atoms with Crippen LogP contribution < -0.4 is 0 Å². The van der Waals surface area contributed by atoms with Crippen LogP contribution >= 0.6 is 0 Å². The molecule has 7 heteroatoms. The molecule has 1 spiro atoms. The fourth-order valence-electron chi connectivity index (χ4n) is 3.32. The molecule has 2 heterocycles. The van der Waals surface area contributed by atoms with Gasteiger partial charge in [0, 0.05) is 18.9 Å². The molecule has 1 fully saturated rings. The maximum absolute atomic E-state index is 11.1. The smallest absolute Gasteiger partial charge is 0.335 e. The Morgan fingerprint density at radius 2 is 2.12 bits per heavy atom. The van der Waals surface area contributed by atoms with Gasteiger partial charge in [-0.25, -0.2) is 4.79 Å². The van der Waals surface area contributed by atoms with E-state index in [1.165, 1.54) is 6.92 Å². The number of aliphatic hydroxyl groups excluding tert-OH is 2. The van der Waals surface area contributed by atoms with E-state index in [0.29, 0.717) is 19.3 Å². The highest BCUT2D eigenvalue weighted by molar-refractivity contribution is 5.76. The number of carboxylic acid groups (broad SMARTS) is 1. The minimum Gasteiger partial charge on any atom is -0.479 e. The summed E-state index contributed by atoms with van der Waals surface area (Å²) in [5, 5.41) is 38.9. The summed E-state index contributed by atoms with van der Waals surface area (Å²) in [6.45, 7) is 4.96. The third-order valence-electron chi connectivity index (χ3n) is 4.89. The second-order valence-electron chi connectivity index (χ2n) is 7.35. The quantitative estimate of drug-likeness (QED) is 0.545. The lowest BCUT2D eigenvalue weighted by Crippen LogP contribution is -2.57. The summed E-state index contributed by atoms with van der Waals surface area (Å²) < 4.78 is 12.0. The molecule has 24 heavy (non-hydrogen) atoms. The minimum atomic E-state index is -1.90. The zero-order valence-electron chi connectivity index (χ0n) is 14.4. The Hall–Kier alpha value is -0.990. The molecule has 2 aliphatic heterocycles. The van der Waals surface area contributed by atoms with E-state index in [4.69, 9.17) is 14.6 Å². The molecule has 0 amide bonds. The van der Waals surface area contributed by atoms with Crippen LogP contribution in [0.15, 0.2) is 11.6 Å². The van der Waals surface area contributed by atoms with Crippen molar-refractivity contribution < 1.29 is 34.7 Å². The van der Waals surface area contributed by atoms with Gasteiger partial charge in [-0.1, -0.05) is 12.5 Å². The molecule has 2 rings (SSSR count). The van der Waals surface area contributed by atoms with Gasteiger partial charge in [0.15, 0.2) is 5.60 Å². The van der Waals surface area contributed by atoms with E-state index in [2.05, 4.69) is 0 Å². The third-order valence-corrected chi connectivity index (χ3v) is 4.89. The third kappa shape index (κ3) is 3.97. The van der Waals surface area contributed by atoms with Gasteiger partial charge in [0.25, 0.3) is 0 Å². The number of aliphatic carboxylic acids is 1. The number of ether oxygens (including phenoxy) is 2. The Bertz CT molecular complexity index is 501. The molecule has 0 saturated carbocycles. The predicted molar refractivity (Wildman–Crippen MR) is 85.2 cm³/mol. The minimum absolute atomic E-state index is 0.0404. The highest BCUT2D eigenvalue weighted by atomic mass is 16.7. The fourth-order valence-corrected chi connectivity index (χ4v) is 3.32. The van der Waals surface area contributed by atoms with Crippen molar-refractivity contribution in [3.8, 4) is 0 Å². The standard InChI is InChI=1S/C17H28O7/c1-10-6-13(11(2)9-18)24-17(7-10)14(19)5-4-12(23-17)8-16(3,22)15(20)21/h7,11-14,18-19,22H,4-6,8-9H2,1-3H3,(H,20,21)/t11-,12+,13+,14-,16-,17-/m1/s1. The summed E-state index contributed by atoms with van der Waals surface area (Å²) in [5.41, 5.74) is -0.921. The van der Waals surface area contributed by atoms with Gasteiger partial charge in [0.1, 0.15) is 6.10 Å². The summed E-state index contributed by atoms with van der Waals surface area (Å²) in [7, 11) is 0. The lowest BCUT2D eigenvalue weighted by Gasteiger charge is -2.48. The predicted octanol–water partition coefficient (Wildman–Crippen LogP) is 0.812.